The molecule has 2 aromatic heterocycles. The van der Waals surface area contributed by atoms with E-state index in [0.29, 0.717) is 17.7 Å². The molecule has 2 heterocycles. The quantitative estimate of drug-likeness (QED) is 0.294. The molecule has 146 valence electrons. The minimum absolute atomic E-state index is 0.180. The third-order valence-electron chi connectivity index (χ3n) is 3.47. The normalized spacial score (nSPS) is 11.9. The number of hydrogen-bond acceptors (Lipinski definition) is 7. The number of carbonyl (C=O) groups is 2. The lowest BCUT2D eigenvalue weighted by molar-refractivity contribution is -0.166. The molecule has 0 unspecified atom stereocenters. The van der Waals surface area contributed by atoms with Gasteiger partial charge < -0.3 is 14.0 Å². The van der Waals surface area contributed by atoms with Crippen molar-refractivity contribution in [3.8, 4) is 0 Å². The Morgan fingerprint density at radius 1 is 1.07 bits per heavy atom. The molecule has 0 bridgehead atoms. The van der Waals surface area contributed by atoms with E-state index in [2.05, 4.69) is 15.0 Å². The molecule has 0 aliphatic heterocycles. The smallest absolute Gasteiger partial charge is 0.320 e. The minimum Gasteiger partial charge on any atom is -0.462 e. The maximum atomic E-state index is 12.2. The van der Waals surface area contributed by atoms with E-state index in [4.69, 9.17) is 21.1 Å². The van der Waals surface area contributed by atoms with E-state index in [-0.39, 0.29) is 23.8 Å². The van der Waals surface area contributed by atoms with Crippen LogP contribution in [-0.2, 0) is 25.6 Å². The van der Waals surface area contributed by atoms with Crippen LogP contribution in [0.25, 0.3) is 11.2 Å². The van der Waals surface area contributed by atoms with Crippen molar-refractivity contribution in [2.45, 2.75) is 52.9 Å². The van der Waals surface area contributed by atoms with E-state index >= 15 is 0 Å². The second-order valence-electron chi connectivity index (χ2n) is 6.46. The Morgan fingerprint density at radius 2 is 1.70 bits per heavy atom. The SMILES string of the molecule is CC(C)OC(=O)C(C/C=C/Cn1cnc2c(Cl)ncnc21)C(=O)OC(C)C. The van der Waals surface area contributed by atoms with Crippen LogP contribution < -0.4 is 0 Å². The summed E-state index contributed by atoms with van der Waals surface area (Å²) in [6.45, 7) is 7.38. The molecule has 0 saturated carbocycles. The average Bonchev–Trinajstić information content (AvgIpc) is 2.97. The highest BCUT2D eigenvalue weighted by Crippen LogP contribution is 2.17. The highest BCUT2D eigenvalue weighted by atomic mass is 35.5. The molecule has 2 rings (SSSR count). The third-order valence-corrected chi connectivity index (χ3v) is 3.75. The highest BCUT2D eigenvalue weighted by molar-refractivity contribution is 6.33. The molecule has 0 atom stereocenters. The van der Waals surface area contributed by atoms with Gasteiger partial charge in [0.25, 0.3) is 0 Å². The number of esters is 2. The zero-order valence-corrected chi connectivity index (χ0v) is 16.5. The number of allylic oxidation sites excluding steroid dienone is 2. The molecule has 2 aromatic rings. The second kappa shape index (κ2) is 9.45. The van der Waals surface area contributed by atoms with Crippen molar-refractivity contribution in [1.29, 1.82) is 0 Å². The predicted octanol–water partition coefficient (Wildman–Crippen LogP) is 2.95. The molecular weight excluding hydrogens is 372 g/mol. The molecule has 0 aliphatic carbocycles. The number of fused-ring (bicyclic) bond motifs is 1. The van der Waals surface area contributed by atoms with Gasteiger partial charge in [-0.3, -0.25) is 9.59 Å². The highest BCUT2D eigenvalue weighted by Gasteiger charge is 2.29. The van der Waals surface area contributed by atoms with Crippen LogP contribution in [0.15, 0.2) is 24.8 Å². The first-order valence-electron chi connectivity index (χ1n) is 8.67. The van der Waals surface area contributed by atoms with Gasteiger partial charge in [0, 0.05) is 6.54 Å². The van der Waals surface area contributed by atoms with Gasteiger partial charge in [-0.05, 0) is 34.1 Å². The summed E-state index contributed by atoms with van der Waals surface area (Å²) in [6, 6.07) is 0. The van der Waals surface area contributed by atoms with Crippen LogP contribution in [0, 0.1) is 5.92 Å². The van der Waals surface area contributed by atoms with E-state index in [9.17, 15) is 9.59 Å². The fourth-order valence-corrected chi connectivity index (χ4v) is 2.50. The lowest BCUT2D eigenvalue weighted by atomic mass is 10.1. The Balaban J connectivity index is 2.05. The summed E-state index contributed by atoms with van der Waals surface area (Å²) in [5, 5.41) is 0.288. The average molecular weight is 395 g/mol. The van der Waals surface area contributed by atoms with Crippen LogP contribution in [0.2, 0.25) is 5.15 Å². The lowest BCUT2D eigenvalue weighted by Gasteiger charge is -2.17. The zero-order valence-electron chi connectivity index (χ0n) is 15.8. The first-order chi connectivity index (χ1) is 12.8. The Hall–Kier alpha value is -2.48. The van der Waals surface area contributed by atoms with Crippen molar-refractivity contribution < 1.29 is 19.1 Å². The first kappa shape index (κ1) is 20.8. The van der Waals surface area contributed by atoms with E-state index < -0.39 is 17.9 Å². The fourth-order valence-electron chi connectivity index (χ4n) is 2.32. The number of halogens is 1. The van der Waals surface area contributed by atoms with Gasteiger partial charge in [0.15, 0.2) is 16.7 Å². The third kappa shape index (κ3) is 5.75. The van der Waals surface area contributed by atoms with Gasteiger partial charge in [-0.2, -0.15) is 0 Å². The first-order valence-corrected chi connectivity index (χ1v) is 9.04. The summed E-state index contributed by atoms with van der Waals surface area (Å²) in [5.74, 6) is -2.18. The topological polar surface area (TPSA) is 96.2 Å². The van der Waals surface area contributed by atoms with Gasteiger partial charge in [-0.1, -0.05) is 23.8 Å². The molecular formula is C18H23ClN4O4. The second-order valence-corrected chi connectivity index (χ2v) is 6.82. The monoisotopic (exact) mass is 394 g/mol. The number of nitrogens with zero attached hydrogens (tertiary/aromatic N) is 4. The maximum Gasteiger partial charge on any atom is 0.320 e. The summed E-state index contributed by atoms with van der Waals surface area (Å²) < 4.78 is 12.1. The number of rotatable bonds is 8. The van der Waals surface area contributed by atoms with Gasteiger partial charge in [-0.25, -0.2) is 15.0 Å². The molecule has 0 aliphatic rings. The summed E-state index contributed by atoms with van der Waals surface area (Å²) in [7, 11) is 0. The molecule has 27 heavy (non-hydrogen) atoms. The predicted molar refractivity (Wildman–Crippen MR) is 100 cm³/mol. The van der Waals surface area contributed by atoms with Crippen LogP contribution in [-0.4, -0.2) is 43.7 Å². The number of imidazole rings is 1. The molecule has 0 radical (unpaired) electrons. The summed E-state index contributed by atoms with van der Waals surface area (Å²) in [4.78, 5) is 36.6. The Labute approximate surface area is 162 Å². The van der Waals surface area contributed by atoms with Gasteiger partial charge in [0.05, 0.1) is 18.5 Å². The van der Waals surface area contributed by atoms with E-state index in [1.165, 1.54) is 6.33 Å². The molecule has 0 N–H and O–H groups in total. The van der Waals surface area contributed by atoms with Crippen molar-refractivity contribution in [3.05, 3.63) is 30.0 Å². The minimum atomic E-state index is -0.998. The Morgan fingerprint density at radius 3 is 2.30 bits per heavy atom. The largest absolute Gasteiger partial charge is 0.462 e. The van der Waals surface area contributed by atoms with Crippen LogP contribution in [0.4, 0.5) is 0 Å². The summed E-state index contributed by atoms with van der Waals surface area (Å²) in [6.07, 6.45) is 6.09. The molecule has 0 amide bonds. The molecule has 0 spiro atoms. The van der Waals surface area contributed by atoms with E-state index in [1.807, 2.05) is 6.08 Å². The van der Waals surface area contributed by atoms with E-state index in [0.717, 1.165) is 0 Å². The van der Waals surface area contributed by atoms with Crippen molar-refractivity contribution >= 4 is 34.7 Å². The molecule has 0 aromatic carbocycles. The van der Waals surface area contributed by atoms with Crippen molar-refractivity contribution in [2.24, 2.45) is 5.92 Å². The molecule has 0 fully saturated rings. The van der Waals surface area contributed by atoms with Crippen LogP contribution in [0.3, 0.4) is 0 Å². The van der Waals surface area contributed by atoms with Crippen molar-refractivity contribution in [2.75, 3.05) is 0 Å². The lowest BCUT2D eigenvalue weighted by Crippen LogP contribution is -2.30. The number of ether oxygens (including phenoxy) is 2. The van der Waals surface area contributed by atoms with Gasteiger partial charge in [-0.15, -0.1) is 0 Å². The number of aromatic nitrogens is 4. The molecule has 8 nitrogen and oxygen atoms in total. The Bertz CT molecular complexity index is 810. The summed E-state index contributed by atoms with van der Waals surface area (Å²) in [5.41, 5.74) is 1.13. The maximum absolute atomic E-state index is 12.2. The Kier molecular flexibility index (Phi) is 7.29. The van der Waals surface area contributed by atoms with Crippen LogP contribution >= 0.6 is 11.6 Å². The van der Waals surface area contributed by atoms with Gasteiger partial charge >= 0.3 is 11.9 Å². The van der Waals surface area contributed by atoms with Gasteiger partial charge in [0.2, 0.25) is 0 Å². The zero-order chi connectivity index (χ0) is 20.0. The van der Waals surface area contributed by atoms with Crippen molar-refractivity contribution in [1.82, 2.24) is 19.5 Å². The van der Waals surface area contributed by atoms with Gasteiger partial charge in [0.1, 0.15) is 11.8 Å². The van der Waals surface area contributed by atoms with E-state index in [1.54, 1.807) is 44.7 Å². The van der Waals surface area contributed by atoms with Crippen LogP contribution in [0.1, 0.15) is 34.1 Å². The number of carbonyl (C=O) groups excluding carboxylic acids is 2. The van der Waals surface area contributed by atoms with Crippen LogP contribution in [0.5, 0.6) is 0 Å². The molecule has 9 heteroatoms. The number of hydrogen-bond donors (Lipinski definition) is 0. The standard InChI is InChI=1S/C18H23ClN4O4/c1-11(2)26-17(24)13(18(25)27-12(3)4)7-5-6-8-23-10-22-14-15(19)20-9-21-16(14)23/h5-6,9-13H,7-8H2,1-4H3/b6-5+. The van der Waals surface area contributed by atoms with Crippen molar-refractivity contribution in [3.63, 3.8) is 0 Å². The fraction of sp³-hybridized carbons (Fsp3) is 0.500. The summed E-state index contributed by atoms with van der Waals surface area (Å²) >= 11 is 5.98. The molecule has 0 saturated heterocycles.